The molecule has 1 aromatic carbocycles. The van der Waals surface area contributed by atoms with E-state index in [4.69, 9.17) is 5.73 Å². The van der Waals surface area contributed by atoms with Crippen LogP contribution in [-0.2, 0) is 5.33 Å². The summed E-state index contributed by atoms with van der Waals surface area (Å²) in [5, 5.41) is 4.42. The normalized spacial score (nSPS) is 11.0. The van der Waals surface area contributed by atoms with Gasteiger partial charge < -0.3 is 5.73 Å². The van der Waals surface area contributed by atoms with Crippen LogP contribution in [0.3, 0.4) is 0 Å². The summed E-state index contributed by atoms with van der Waals surface area (Å²) in [6.45, 7) is 0. The molecule has 1 heterocycles. The maximum absolute atomic E-state index is 5.92. The summed E-state index contributed by atoms with van der Waals surface area (Å²) in [6, 6.07) is 4.25. The highest BCUT2D eigenvalue weighted by molar-refractivity contribution is 9.08. The molecule has 0 atom stereocenters. The number of rotatable bonds is 2. The lowest BCUT2D eigenvalue weighted by Gasteiger charge is -2.02. The predicted octanol–water partition coefficient (Wildman–Crippen LogP) is 4.10. The molecule has 2 aromatic rings. The molecule has 0 fully saturated rings. The Hall–Kier alpha value is -0.190. The lowest BCUT2D eigenvalue weighted by atomic mass is 10.2. The maximum atomic E-state index is 5.92. The number of hydrogen-bond donors (Lipinski definition) is 1. The van der Waals surface area contributed by atoms with Gasteiger partial charge in [-0.25, -0.2) is 0 Å². The number of thioether (sulfide) groups is 1. The minimum Gasteiger partial charge on any atom is -0.398 e. The molecular weight excluding hydrogens is 278 g/mol. The van der Waals surface area contributed by atoms with E-state index in [0.29, 0.717) is 0 Å². The van der Waals surface area contributed by atoms with Crippen molar-refractivity contribution in [2.75, 3.05) is 12.0 Å². The second kappa shape index (κ2) is 4.13. The van der Waals surface area contributed by atoms with Crippen molar-refractivity contribution in [2.24, 2.45) is 0 Å². The Morgan fingerprint density at radius 2 is 2.29 bits per heavy atom. The van der Waals surface area contributed by atoms with Crippen LogP contribution in [0.15, 0.2) is 22.4 Å². The lowest BCUT2D eigenvalue weighted by molar-refractivity contribution is 1.48. The Bertz CT molecular complexity index is 464. The zero-order valence-corrected chi connectivity index (χ0v) is 10.9. The zero-order valence-electron chi connectivity index (χ0n) is 7.71. The molecular formula is C10H10BrNS2. The summed E-state index contributed by atoms with van der Waals surface area (Å²) in [5.41, 5.74) is 8.15. The smallest absolute Gasteiger partial charge is 0.0466 e. The highest BCUT2D eigenvalue weighted by atomic mass is 79.9. The van der Waals surface area contributed by atoms with Gasteiger partial charge in [-0.2, -0.15) is 0 Å². The molecule has 14 heavy (non-hydrogen) atoms. The Labute approximate surface area is 99.8 Å². The first-order chi connectivity index (χ1) is 6.76. The summed E-state index contributed by atoms with van der Waals surface area (Å²) >= 11 is 6.94. The molecule has 0 bridgehead atoms. The van der Waals surface area contributed by atoms with Gasteiger partial charge in [0.2, 0.25) is 0 Å². The molecule has 0 aliphatic heterocycles. The zero-order chi connectivity index (χ0) is 10.1. The number of nitrogens with two attached hydrogens (primary N) is 1. The first-order valence-electron chi connectivity index (χ1n) is 4.16. The summed E-state index contributed by atoms with van der Waals surface area (Å²) in [6.07, 6.45) is 2.05. The number of alkyl halides is 1. The summed E-state index contributed by atoms with van der Waals surface area (Å²) in [4.78, 5) is 1.16. The van der Waals surface area contributed by atoms with Crippen molar-refractivity contribution in [3.8, 4) is 0 Å². The Morgan fingerprint density at radius 1 is 1.50 bits per heavy atom. The van der Waals surface area contributed by atoms with Gasteiger partial charge in [-0.3, -0.25) is 0 Å². The van der Waals surface area contributed by atoms with Gasteiger partial charge >= 0.3 is 0 Å². The number of hydrogen-bond acceptors (Lipinski definition) is 3. The van der Waals surface area contributed by atoms with Crippen LogP contribution >= 0.6 is 39.0 Å². The molecule has 74 valence electrons. The van der Waals surface area contributed by atoms with Gasteiger partial charge in [-0.15, -0.1) is 23.1 Å². The van der Waals surface area contributed by atoms with Crippen molar-refractivity contribution in [3.63, 3.8) is 0 Å². The molecule has 0 unspecified atom stereocenters. The molecule has 1 nitrogen and oxygen atoms in total. The molecule has 0 radical (unpaired) electrons. The van der Waals surface area contributed by atoms with E-state index in [1.54, 1.807) is 23.1 Å². The SMILES string of the molecule is CSc1cc2c(CBr)csc2cc1N. The molecule has 0 spiro atoms. The van der Waals surface area contributed by atoms with Crippen molar-refractivity contribution >= 4 is 54.8 Å². The molecule has 0 saturated heterocycles. The highest BCUT2D eigenvalue weighted by Crippen LogP contribution is 2.34. The Morgan fingerprint density at radius 3 is 2.93 bits per heavy atom. The van der Waals surface area contributed by atoms with E-state index in [0.717, 1.165) is 15.9 Å². The number of nitrogen functional groups attached to an aromatic ring is 1. The van der Waals surface area contributed by atoms with E-state index in [2.05, 4.69) is 39.7 Å². The van der Waals surface area contributed by atoms with Gasteiger partial charge in [0.15, 0.2) is 0 Å². The fourth-order valence-corrected chi connectivity index (χ4v) is 3.60. The van der Waals surface area contributed by atoms with Crippen LogP contribution in [0.1, 0.15) is 5.56 Å². The standard InChI is InChI=1S/C10H10BrNS2/c1-13-10-2-7-6(4-11)5-14-9(7)3-8(10)12/h2-3,5H,4,12H2,1H3. The number of halogens is 1. The molecule has 2 rings (SSSR count). The van der Waals surface area contributed by atoms with Crippen LogP contribution in [0.4, 0.5) is 5.69 Å². The predicted molar refractivity (Wildman–Crippen MR) is 70.6 cm³/mol. The fourth-order valence-electron chi connectivity index (χ4n) is 1.40. The maximum Gasteiger partial charge on any atom is 0.0466 e. The topological polar surface area (TPSA) is 26.0 Å². The molecule has 0 aliphatic carbocycles. The van der Waals surface area contributed by atoms with Crippen LogP contribution in [0.2, 0.25) is 0 Å². The van der Waals surface area contributed by atoms with E-state index >= 15 is 0 Å². The molecule has 2 N–H and O–H groups in total. The van der Waals surface area contributed by atoms with Crippen molar-refractivity contribution < 1.29 is 0 Å². The van der Waals surface area contributed by atoms with Crippen molar-refractivity contribution in [1.29, 1.82) is 0 Å². The van der Waals surface area contributed by atoms with Gasteiger partial charge in [0, 0.05) is 20.6 Å². The van der Waals surface area contributed by atoms with Crippen LogP contribution in [0.25, 0.3) is 10.1 Å². The third-order valence-corrected chi connectivity index (χ3v) is 4.54. The van der Waals surface area contributed by atoms with E-state index in [-0.39, 0.29) is 0 Å². The Kier molecular flexibility index (Phi) is 3.04. The first kappa shape index (κ1) is 10.3. The first-order valence-corrected chi connectivity index (χ1v) is 7.38. The molecule has 0 saturated carbocycles. The molecule has 4 heteroatoms. The quantitative estimate of drug-likeness (QED) is 0.511. The van der Waals surface area contributed by atoms with Gasteiger partial charge in [-0.05, 0) is 34.7 Å². The molecule has 1 aromatic heterocycles. The number of benzene rings is 1. The Balaban J connectivity index is 2.70. The van der Waals surface area contributed by atoms with Crippen molar-refractivity contribution in [1.82, 2.24) is 0 Å². The largest absolute Gasteiger partial charge is 0.398 e. The minimum absolute atomic E-state index is 0.882. The van der Waals surface area contributed by atoms with Crippen LogP contribution in [0, 0.1) is 0 Å². The highest BCUT2D eigenvalue weighted by Gasteiger charge is 2.06. The minimum atomic E-state index is 0.882. The third-order valence-electron chi connectivity index (χ3n) is 2.15. The van der Waals surface area contributed by atoms with Crippen LogP contribution < -0.4 is 5.73 Å². The average Bonchev–Trinajstić information content (AvgIpc) is 2.58. The number of fused-ring (bicyclic) bond motifs is 1. The average molecular weight is 288 g/mol. The molecule has 0 aliphatic rings. The fraction of sp³-hybridized carbons (Fsp3) is 0.200. The second-order valence-electron chi connectivity index (χ2n) is 2.98. The lowest BCUT2D eigenvalue weighted by Crippen LogP contribution is -1.87. The van der Waals surface area contributed by atoms with Gasteiger partial charge in [0.25, 0.3) is 0 Å². The summed E-state index contributed by atoms with van der Waals surface area (Å²) in [5.74, 6) is 0. The van der Waals surface area contributed by atoms with E-state index in [1.807, 2.05) is 0 Å². The van der Waals surface area contributed by atoms with Gasteiger partial charge in [-0.1, -0.05) is 15.9 Å². The number of anilines is 1. The van der Waals surface area contributed by atoms with Gasteiger partial charge in [0.05, 0.1) is 0 Å². The van der Waals surface area contributed by atoms with E-state index < -0.39 is 0 Å². The third kappa shape index (κ3) is 1.66. The van der Waals surface area contributed by atoms with Crippen molar-refractivity contribution in [2.45, 2.75) is 10.2 Å². The van der Waals surface area contributed by atoms with E-state index in [9.17, 15) is 0 Å². The van der Waals surface area contributed by atoms with Crippen LogP contribution in [-0.4, -0.2) is 6.26 Å². The molecule has 0 amide bonds. The summed E-state index contributed by atoms with van der Waals surface area (Å²) < 4.78 is 1.27. The van der Waals surface area contributed by atoms with E-state index in [1.165, 1.54) is 15.6 Å². The summed E-state index contributed by atoms with van der Waals surface area (Å²) in [7, 11) is 0. The van der Waals surface area contributed by atoms with Crippen molar-refractivity contribution in [3.05, 3.63) is 23.1 Å². The monoisotopic (exact) mass is 287 g/mol. The van der Waals surface area contributed by atoms with Gasteiger partial charge in [0.1, 0.15) is 0 Å². The second-order valence-corrected chi connectivity index (χ2v) is 5.30. The number of thiophene rings is 1. The van der Waals surface area contributed by atoms with Crippen LogP contribution in [0.5, 0.6) is 0 Å².